The van der Waals surface area contributed by atoms with Crippen molar-refractivity contribution in [2.75, 3.05) is 6.61 Å². The quantitative estimate of drug-likeness (QED) is 0.837. The highest BCUT2D eigenvalue weighted by atomic mass is 16.6. The second-order valence-electron chi connectivity index (χ2n) is 4.52. The molecule has 98 valence electrons. The van der Waals surface area contributed by atoms with Crippen LogP contribution in [0, 0.1) is 6.92 Å². The maximum absolute atomic E-state index is 12.2. The van der Waals surface area contributed by atoms with Gasteiger partial charge in [-0.15, -0.1) is 0 Å². The predicted octanol–water partition coefficient (Wildman–Crippen LogP) is 1.95. The number of cyclic esters (lactones) is 1. The van der Waals surface area contributed by atoms with Crippen molar-refractivity contribution in [1.82, 2.24) is 4.98 Å². The third-order valence-corrected chi connectivity index (χ3v) is 3.23. The number of fused-ring (bicyclic) bond motifs is 1. The Labute approximate surface area is 109 Å². The Balaban J connectivity index is 1.93. The van der Waals surface area contributed by atoms with Crippen LogP contribution in [0.4, 0.5) is 0 Å². The van der Waals surface area contributed by atoms with Gasteiger partial charge in [0.05, 0.1) is 12.2 Å². The van der Waals surface area contributed by atoms with E-state index in [9.17, 15) is 9.59 Å². The number of benzene rings is 1. The molecule has 1 aromatic heterocycles. The number of carbonyl (C=O) groups is 2. The number of rotatable bonds is 2. The van der Waals surface area contributed by atoms with E-state index in [1.807, 2.05) is 31.2 Å². The molecule has 5 nitrogen and oxygen atoms in total. The second-order valence-corrected chi connectivity index (χ2v) is 4.52. The number of aryl methyl sites for hydroxylation is 1. The summed E-state index contributed by atoms with van der Waals surface area (Å²) >= 11 is 0. The lowest BCUT2D eigenvalue weighted by atomic mass is 10.1. The van der Waals surface area contributed by atoms with Crippen LogP contribution in [-0.4, -0.2) is 29.6 Å². The van der Waals surface area contributed by atoms with Crippen LogP contribution in [-0.2, 0) is 14.3 Å². The summed E-state index contributed by atoms with van der Waals surface area (Å²) in [5.74, 6) is -0.954. The lowest BCUT2D eigenvalue weighted by Gasteiger charge is -2.08. The van der Waals surface area contributed by atoms with Gasteiger partial charge >= 0.3 is 11.9 Å². The first-order chi connectivity index (χ1) is 9.16. The molecular weight excluding hydrogens is 246 g/mol. The highest BCUT2D eigenvalue weighted by Crippen LogP contribution is 2.24. The van der Waals surface area contributed by atoms with Crippen molar-refractivity contribution in [1.29, 1.82) is 0 Å². The molecule has 0 bridgehead atoms. The van der Waals surface area contributed by atoms with E-state index < -0.39 is 18.0 Å². The maximum atomic E-state index is 12.2. The van der Waals surface area contributed by atoms with E-state index in [0.29, 0.717) is 18.6 Å². The van der Waals surface area contributed by atoms with Crippen LogP contribution in [0.1, 0.15) is 22.5 Å². The predicted molar refractivity (Wildman–Crippen MR) is 67.8 cm³/mol. The van der Waals surface area contributed by atoms with E-state index in [1.54, 1.807) is 0 Å². The molecule has 1 fully saturated rings. The average Bonchev–Trinajstić information content (AvgIpc) is 2.92. The molecule has 1 aromatic carbocycles. The summed E-state index contributed by atoms with van der Waals surface area (Å²) in [6, 6.07) is 7.49. The molecule has 5 heteroatoms. The van der Waals surface area contributed by atoms with E-state index in [-0.39, 0.29) is 0 Å². The fourth-order valence-corrected chi connectivity index (χ4v) is 2.31. The van der Waals surface area contributed by atoms with Crippen molar-refractivity contribution >= 4 is 22.8 Å². The summed E-state index contributed by atoms with van der Waals surface area (Å²) in [6.07, 6.45) is -0.355. The first kappa shape index (κ1) is 11.8. The molecule has 19 heavy (non-hydrogen) atoms. The third-order valence-electron chi connectivity index (χ3n) is 3.23. The Hall–Kier alpha value is -2.30. The van der Waals surface area contributed by atoms with Crippen LogP contribution in [0.25, 0.3) is 10.9 Å². The van der Waals surface area contributed by atoms with Gasteiger partial charge in [0.25, 0.3) is 0 Å². The zero-order valence-electron chi connectivity index (χ0n) is 10.4. The summed E-state index contributed by atoms with van der Waals surface area (Å²) in [6.45, 7) is 2.12. The number of nitrogens with one attached hydrogen (secondary N) is 1. The first-order valence-corrected chi connectivity index (χ1v) is 6.12. The molecule has 1 saturated heterocycles. The Bertz CT molecular complexity index is 659. The topological polar surface area (TPSA) is 68.4 Å². The monoisotopic (exact) mass is 259 g/mol. The first-order valence-electron chi connectivity index (χ1n) is 6.12. The lowest BCUT2D eigenvalue weighted by Crippen LogP contribution is -2.22. The van der Waals surface area contributed by atoms with Gasteiger partial charge in [-0.2, -0.15) is 0 Å². The molecule has 0 radical (unpaired) electrons. The van der Waals surface area contributed by atoms with Crippen LogP contribution in [0.3, 0.4) is 0 Å². The number of aromatic amines is 1. The molecule has 1 aliphatic rings. The van der Waals surface area contributed by atoms with Crippen LogP contribution < -0.4 is 0 Å². The number of aromatic nitrogens is 1. The summed E-state index contributed by atoms with van der Waals surface area (Å²) in [7, 11) is 0. The number of hydrogen-bond donors (Lipinski definition) is 1. The van der Waals surface area contributed by atoms with Gasteiger partial charge in [-0.1, -0.05) is 18.2 Å². The minimum absolute atomic E-state index is 0.309. The molecule has 0 saturated carbocycles. The molecule has 1 atom stereocenters. The fraction of sp³-hybridized carbons (Fsp3) is 0.286. The van der Waals surface area contributed by atoms with Crippen molar-refractivity contribution in [2.24, 2.45) is 0 Å². The number of carbonyl (C=O) groups excluding carboxylic acids is 2. The molecule has 1 aliphatic heterocycles. The summed E-state index contributed by atoms with van der Waals surface area (Å²) in [5.41, 5.74) is 2.09. The van der Waals surface area contributed by atoms with Gasteiger partial charge in [0.15, 0.2) is 0 Å². The molecular formula is C14H13NO4. The molecule has 1 N–H and O–H groups in total. The highest BCUT2D eigenvalue weighted by molar-refractivity contribution is 6.06. The normalized spacial score (nSPS) is 18.6. The minimum atomic E-state index is -0.777. The standard InChI is InChI=1S/C14H13NO4/c1-8-12(9-4-2-3-5-10(9)15-8)14(17)19-11-6-7-18-13(11)16/h2-5,11,15H,6-7H2,1H3. The Kier molecular flexibility index (Phi) is 2.74. The van der Waals surface area contributed by atoms with Gasteiger partial charge in [0.1, 0.15) is 0 Å². The zero-order chi connectivity index (χ0) is 13.4. The second kappa shape index (κ2) is 4.42. The fourth-order valence-electron chi connectivity index (χ4n) is 2.31. The van der Waals surface area contributed by atoms with Crippen molar-refractivity contribution in [2.45, 2.75) is 19.4 Å². The van der Waals surface area contributed by atoms with Gasteiger partial charge in [0, 0.05) is 23.0 Å². The molecule has 0 amide bonds. The van der Waals surface area contributed by atoms with Crippen molar-refractivity contribution < 1.29 is 19.1 Å². The number of para-hydroxylation sites is 1. The molecule has 2 heterocycles. The molecule has 0 aliphatic carbocycles. The third kappa shape index (κ3) is 1.97. The van der Waals surface area contributed by atoms with E-state index in [2.05, 4.69) is 4.98 Å². The summed E-state index contributed by atoms with van der Waals surface area (Å²) < 4.78 is 10.0. The summed E-state index contributed by atoms with van der Waals surface area (Å²) in [5, 5.41) is 0.802. The van der Waals surface area contributed by atoms with Crippen LogP contribution in [0.2, 0.25) is 0 Å². The average molecular weight is 259 g/mol. The smallest absolute Gasteiger partial charge is 0.347 e. The number of hydrogen-bond acceptors (Lipinski definition) is 4. The maximum Gasteiger partial charge on any atom is 0.347 e. The molecule has 0 spiro atoms. The molecule has 2 aromatic rings. The molecule has 3 rings (SSSR count). The van der Waals surface area contributed by atoms with Gasteiger partial charge in [-0.05, 0) is 13.0 Å². The number of H-pyrrole nitrogens is 1. The van der Waals surface area contributed by atoms with E-state index in [1.165, 1.54) is 0 Å². The van der Waals surface area contributed by atoms with E-state index in [4.69, 9.17) is 9.47 Å². The summed E-state index contributed by atoms with van der Waals surface area (Å²) in [4.78, 5) is 26.6. The van der Waals surface area contributed by atoms with Crippen LogP contribution in [0.5, 0.6) is 0 Å². The zero-order valence-corrected chi connectivity index (χ0v) is 10.4. The van der Waals surface area contributed by atoms with Gasteiger partial charge in [0.2, 0.25) is 6.10 Å². The largest absolute Gasteiger partial charge is 0.463 e. The number of ether oxygens (including phenoxy) is 2. The highest BCUT2D eigenvalue weighted by Gasteiger charge is 2.31. The number of esters is 2. The Morgan fingerprint density at radius 2 is 2.21 bits per heavy atom. The van der Waals surface area contributed by atoms with Gasteiger partial charge in [-0.25, -0.2) is 9.59 Å². The van der Waals surface area contributed by atoms with Crippen molar-refractivity contribution in [3.63, 3.8) is 0 Å². The van der Waals surface area contributed by atoms with Crippen LogP contribution >= 0.6 is 0 Å². The SMILES string of the molecule is Cc1[nH]c2ccccc2c1C(=O)OC1CCOC1=O. The van der Waals surface area contributed by atoms with Crippen molar-refractivity contribution in [3.8, 4) is 0 Å². The van der Waals surface area contributed by atoms with Crippen LogP contribution in [0.15, 0.2) is 24.3 Å². The minimum Gasteiger partial charge on any atom is -0.463 e. The Morgan fingerprint density at radius 3 is 2.95 bits per heavy atom. The lowest BCUT2D eigenvalue weighted by molar-refractivity contribution is -0.145. The molecule has 1 unspecified atom stereocenters. The van der Waals surface area contributed by atoms with Gasteiger partial charge in [-0.3, -0.25) is 0 Å². The van der Waals surface area contributed by atoms with E-state index >= 15 is 0 Å². The van der Waals surface area contributed by atoms with Crippen molar-refractivity contribution in [3.05, 3.63) is 35.5 Å². The Morgan fingerprint density at radius 1 is 1.42 bits per heavy atom. The van der Waals surface area contributed by atoms with E-state index in [0.717, 1.165) is 16.6 Å². The van der Waals surface area contributed by atoms with Gasteiger partial charge < -0.3 is 14.5 Å².